The van der Waals surface area contributed by atoms with Crippen LogP contribution < -0.4 is 10.1 Å². The Hall–Kier alpha value is -2.64. The average molecular weight is 277 g/mol. The predicted octanol–water partition coefficient (Wildman–Crippen LogP) is 0.917. The highest BCUT2D eigenvalue weighted by Crippen LogP contribution is 2.15. The summed E-state index contributed by atoms with van der Waals surface area (Å²) in [5.41, 5.74) is 0.778. The fourth-order valence-corrected chi connectivity index (χ4v) is 1.59. The Kier molecular flexibility index (Phi) is 4.48. The molecule has 1 heterocycles. The van der Waals surface area contributed by atoms with E-state index in [0.29, 0.717) is 12.4 Å². The van der Waals surface area contributed by atoms with Crippen molar-refractivity contribution in [3.63, 3.8) is 0 Å². The molecule has 0 aliphatic heterocycles. The van der Waals surface area contributed by atoms with E-state index in [9.17, 15) is 4.79 Å². The van der Waals surface area contributed by atoms with Gasteiger partial charge < -0.3 is 14.8 Å². The van der Waals surface area contributed by atoms with Crippen molar-refractivity contribution in [3.05, 3.63) is 30.1 Å². The van der Waals surface area contributed by atoms with Gasteiger partial charge in [-0.2, -0.15) is 4.68 Å². The molecule has 0 unspecified atom stereocenters. The van der Waals surface area contributed by atoms with Crippen molar-refractivity contribution in [1.29, 1.82) is 0 Å². The second kappa shape index (κ2) is 6.50. The Balaban J connectivity index is 2.12. The number of ether oxygens (including phenoxy) is 2. The van der Waals surface area contributed by atoms with E-state index in [-0.39, 0.29) is 6.54 Å². The van der Waals surface area contributed by atoms with E-state index in [2.05, 4.69) is 25.6 Å². The molecule has 0 atom stereocenters. The summed E-state index contributed by atoms with van der Waals surface area (Å²) in [6.45, 7) is 2.71. The minimum Gasteiger partial charge on any atom is -0.494 e. The third-order valence-corrected chi connectivity index (χ3v) is 2.50. The summed E-state index contributed by atoms with van der Waals surface area (Å²) in [5.74, 6) is 1.28. The SMILES string of the molecule is CCOc1ccc(-n2nnnc2CNC(=O)OC)cc1. The Morgan fingerprint density at radius 1 is 1.35 bits per heavy atom. The van der Waals surface area contributed by atoms with Gasteiger partial charge in [0.1, 0.15) is 5.75 Å². The van der Waals surface area contributed by atoms with Crippen LogP contribution in [0.2, 0.25) is 0 Å². The highest BCUT2D eigenvalue weighted by atomic mass is 16.5. The van der Waals surface area contributed by atoms with Gasteiger partial charge in [-0.05, 0) is 41.6 Å². The molecule has 8 nitrogen and oxygen atoms in total. The number of alkyl carbamates (subject to hydrolysis) is 1. The number of tetrazole rings is 1. The summed E-state index contributed by atoms with van der Waals surface area (Å²) in [5, 5.41) is 13.9. The zero-order chi connectivity index (χ0) is 14.4. The van der Waals surface area contributed by atoms with Crippen LogP contribution in [0, 0.1) is 0 Å². The first-order valence-electron chi connectivity index (χ1n) is 6.07. The van der Waals surface area contributed by atoms with Crippen molar-refractivity contribution in [2.75, 3.05) is 13.7 Å². The fourth-order valence-electron chi connectivity index (χ4n) is 1.59. The lowest BCUT2D eigenvalue weighted by Gasteiger charge is -2.07. The summed E-state index contributed by atoms with van der Waals surface area (Å²) in [6, 6.07) is 7.34. The van der Waals surface area contributed by atoms with Crippen LogP contribution in [0.4, 0.5) is 4.79 Å². The molecule has 0 fully saturated rings. The van der Waals surface area contributed by atoms with Crippen LogP contribution in [0.1, 0.15) is 12.7 Å². The second-order valence-electron chi connectivity index (χ2n) is 3.78. The first-order chi connectivity index (χ1) is 9.74. The number of rotatable bonds is 5. The number of carbonyl (C=O) groups excluding carboxylic acids is 1. The first kappa shape index (κ1) is 13.8. The van der Waals surface area contributed by atoms with E-state index in [1.807, 2.05) is 31.2 Å². The van der Waals surface area contributed by atoms with Crippen molar-refractivity contribution in [1.82, 2.24) is 25.5 Å². The van der Waals surface area contributed by atoms with Gasteiger partial charge in [-0.1, -0.05) is 0 Å². The molecule has 0 saturated heterocycles. The molecule has 1 amide bonds. The van der Waals surface area contributed by atoms with Crippen molar-refractivity contribution in [2.24, 2.45) is 0 Å². The van der Waals surface area contributed by atoms with Crippen molar-refractivity contribution >= 4 is 6.09 Å². The molecule has 0 saturated carbocycles. The molecule has 0 spiro atoms. The van der Waals surface area contributed by atoms with Crippen LogP contribution in [-0.2, 0) is 11.3 Å². The number of aromatic nitrogens is 4. The molecular weight excluding hydrogens is 262 g/mol. The Morgan fingerprint density at radius 2 is 2.10 bits per heavy atom. The molecule has 0 radical (unpaired) electrons. The lowest BCUT2D eigenvalue weighted by Crippen LogP contribution is -2.24. The van der Waals surface area contributed by atoms with Crippen LogP contribution in [0.3, 0.4) is 0 Å². The maximum absolute atomic E-state index is 11.0. The van der Waals surface area contributed by atoms with Gasteiger partial charge in [0.15, 0.2) is 5.82 Å². The smallest absolute Gasteiger partial charge is 0.407 e. The predicted molar refractivity (Wildman–Crippen MR) is 69.6 cm³/mol. The van der Waals surface area contributed by atoms with Gasteiger partial charge in [0, 0.05) is 0 Å². The molecule has 20 heavy (non-hydrogen) atoms. The van der Waals surface area contributed by atoms with E-state index < -0.39 is 6.09 Å². The van der Waals surface area contributed by atoms with Crippen LogP contribution in [0.5, 0.6) is 5.75 Å². The normalized spacial score (nSPS) is 10.1. The topological polar surface area (TPSA) is 91.2 Å². The van der Waals surface area contributed by atoms with Gasteiger partial charge in [-0.3, -0.25) is 0 Å². The van der Waals surface area contributed by atoms with Crippen molar-refractivity contribution < 1.29 is 14.3 Å². The summed E-state index contributed by atoms with van der Waals surface area (Å²) < 4.78 is 11.4. The molecule has 0 aliphatic rings. The quantitative estimate of drug-likeness (QED) is 0.873. The fraction of sp³-hybridized carbons (Fsp3) is 0.333. The Morgan fingerprint density at radius 3 is 2.75 bits per heavy atom. The zero-order valence-corrected chi connectivity index (χ0v) is 11.2. The van der Waals surface area contributed by atoms with Gasteiger partial charge in [-0.25, -0.2) is 4.79 Å². The molecule has 0 bridgehead atoms. The van der Waals surface area contributed by atoms with E-state index in [0.717, 1.165) is 11.4 Å². The van der Waals surface area contributed by atoms with Crippen LogP contribution in [-0.4, -0.2) is 40.0 Å². The Labute approximate surface area is 115 Å². The monoisotopic (exact) mass is 277 g/mol. The van der Waals surface area contributed by atoms with Crippen molar-refractivity contribution in [3.8, 4) is 11.4 Å². The number of carbonyl (C=O) groups is 1. The number of amides is 1. The first-order valence-corrected chi connectivity index (χ1v) is 6.07. The lowest BCUT2D eigenvalue weighted by atomic mass is 10.3. The molecule has 1 N–H and O–H groups in total. The Bertz CT molecular complexity index is 567. The third kappa shape index (κ3) is 3.22. The minimum absolute atomic E-state index is 0.173. The molecule has 106 valence electrons. The van der Waals surface area contributed by atoms with Crippen LogP contribution in [0.25, 0.3) is 5.69 Å². The van der Waals surface area contributed by atoms with Crippen LogP contribution >= 0.6 is 0 Å². The molecule has 8 heteroatoms. The van der Waals surface area contributed by atoms with E-state index in [4.69, 9.17) is 4.74 Å². The third-order valence-electron chi connectivity index (χ3n) is 2.50. The van der Waals surface area contributed by atoms with Gasteiger partial charge >= 0.3 is 6.09 Å². The number of hydrogen-bond donors (Lipinski definition) is 1. The number of methoxy groups -OCH3 is 1. The van der Waals surface area contributed by atoms with E-state index in [1.54, 1.807) is 0 Å². The second-order valence-corrected chi connectivity index (χ2v) is 3.78. The zero-order valence-electron chi connectivity index (χ0n) is 11.2. The molecular formula is C12H15N5O3. The van der Waals surface area contributed by atoms with Gasteiger partial charge in [0.2, 0.25) is 0 Å². The van der Waals surface area contributed by atoms with Gasteiger partial charge in [0.05, 0.1) is 25.9 Å². The molecule has 2 rings (SSSR count). The highest BCUT2D eigenvalue weighted by Gasteiger charge is 2.09. The maximum Gasteiger partial charge on any atom is 0.407 e. The summed E-state index contributed by atoms with van der Waals surface area (Å²) in [7, 11) is 1.30. The van der Waals surface area contributed by atoms with Crippen molar-refractivity contribution in [2.45, 2.75) is 13.5 Å². The number of nitrogens with zero attached hydrogens (tertiary/aromatic N) is 4. The number of benzene rings is 1. The van der Waals surface area contributed by atoms with Gasteiger partial charge in [0.25, 0.3) is 0 Å². The summed E-state index contributed by atoms with van der Waals surface area (Å²) in [4.78, 5) is 11.0. The summed E-state index contributed by atoms with van der Waals surface area (Å²) in [6.07, 6.45) is -0.536. The largest absolute Gasteiger partial charge is 0.494 e. The van der Waals surface area contributed by atoms with Gasteiger partial charge in [-0.15, -0.1) is 5.10 Å². The van der Waals surface area contributed by atoms with E-state index in [1.165, 1.54) is 11.8 Å². The standard InChI is InChI=1S/C12H15N5O3/c1-3-20-10-6-4-9(5-7-10)17-11(14-15-16-17)8-13-12(18)19-2/h4-7H,3,8H2,1-2H3,(H,13,18). The molecule has 0 aliphatic carbocycles. The number of nitrogens with one attached hydrogen (secondary N) is 1. The minimum atomic E-state index is -0.536. The highest BCUT2D eigenvalue weighted by molar-refractivity contribution is 5.66. The van der Waals surface area contributed by atoms with Crippen LogP contribution in [0.15, 0.2) is 24.3 Å². The summed E-state index contributed by atoms with van der Waals surface area (Å²) >= 11 is 0. The average Bonchev–Trinajstić information content (AvgIpc) is 2.94. The maximum atomic E-state index is 11.0. The molecule has 1 aromatic heterocycles. The lowest BCUT2D eigenvalue weighted by molar-refractivity contribution is 0.170. The van der Waals surface area contributed by atoms with E-state index >= 15 is 0 Å². The molecule has 2 aromatic rings. The molecule has 1 aromatic carbocycles. The number of hydrogen-bond acceptors (Lipinski definition) is 6.